The predicted molar refractivity (Wildman–Crippen MR) is 104 cm³/mol. The first kappa shape index (κ1) is 19.5. The molecule has 0 unspecified atom stereocenters. The van der Waals surface area contributed by atoms with Crippen LogP contribution in [0.4, 0.5) is 0 Å². The van der Waals surface area contributed by atoms with E-state index in [4.69, 9.17) is 0 Å². The minimum Gasteiger partial charge on any atom is -0.284 e. The summed E-state index contributed by atoms with van der Waals surface area (Å²) < 4.78 is 3.53. The molecule has 0 atom stereocenters. The Morgan fingerprint density at radius 1 is 0.852 bits per heavy atom. The highest BCUT2D eigenvalue weighted by Gasteiger charge is 2.42. The highest BCUT2D eigenvalue weighted by molar-refractivity contribution is 6.26. The van der Waals surface area contributed by atoms with Gasteiger partial charge < -0.3 is 0 Å². The summed E-state index contributed by atoms with van der Waals surface area (Å²) >= 11 is 0. The van der Waals surface area contributed by atoms with Crippen LogP contribution in [0.5, 0.6) is 0 Å². The van der Waals surface area contributed by atoms with Gasteiger partial charge in [0, 0.05) is 11.1 Å². The number of nitrogens with zero attached hydrogens (tertiary/aromatic N) is 3. The van der Waals surface area contributed by atoms with Gasteiger partial charge in [0.15, 0.2) is 0 Å². The third kappa shape index (κ3) is 4.02. The molecule has 0 fully saturated rings. The van der Waals surface area contributed by atoms with Gasteiger partial charge >= 0.3 is 0 Å². The first-order chi connectivity index (χ1) is 13.2. The lowest BCUT2D eigenvalue weighted by Gasteiger charge is -2.11. The van der Waals surface area contributed by atoms with Gasteiger partial charge in [-0.15, -0.1) is 9.36 Å². The summed E-state index contributed by atoms with van der Waals surface area (Å²) in [6.07, 6.45) is 9.05. The van der Waals surface area contributed by atoms with Crippen molar-refractivity contribution >= 4 is 11.6 Å². The molecule has 1 aromatic carbocycles. The number of benzene rings is 1. The summed E-state index contributed by atoms with van der Waals surface area (Å²) in [4.78, 5) is 26.2. The number of aryl methyl sites for hydroxylation is 2. The zero-order valence-electron chi connectivity index (χ0n) is 16.5. The molecule has 0 aliphatic heterocycles. The molecule has 27 heavy (non-hydrogen) atoms. The molecule has 0 saturated carbocycles. The van der Waals surface area contributed by atoms with Crippen LogP contribution < -0.4 is 4.68 Å². The van der Waals surface area contributed by atoms with Crippen LogP contribution >= 0.6 is 0 Å². The molecule has 0 saturated heterocycles. The Morgan fingerprint density at radius 3 is 2.19 bits per heavy atom. The molecule has 0 radical (unpaired) electrons. The van der Waals surface area contributed by atoms with Gasteiger partial charge in [0.1, 0.15) is 13.1 Å². The molecule has 1 aromatic heterocycles. The number of aromatic nitrogens is 3. The average molecular weight is 369 g/mol. The molecular weight excluding hydrogens is 338 g/mol. The molecule has 5 nitrogen and oxygen atoms in total. The van der Waals surface area contributed by atoms with Gasteiger partial charge in [-0.25, -0.2) is 0 Å². The lowest BCUT2D eigenvalue weighted by molar-refractivity contribution is -0.757. The smallest absolute Gasteiger partial charge is 0.249 e. The van der Waals surface area contributed by atoms with Crippen molar-refractivity contribution in [3.63, 3.8) is 0 Å². The summed E-state index contributed by atoms with van der Waals surface area (Å²) in [6.45, 7) is 5.69. The van der Waals surface area contributed by atoms with Crippen LogP contribution in [-0.4, -0.2) is 21.5 Å². The van der Waals surface area contributed by atoms with Crippen LogP contribution in [0.1, 0.15) is 97.3 Å². The molecule has 3 rings (SSSR count). The molecule has 0 spiro atoms. The maximum atomic E-state index is 13.1. The number of fused-ring (bicyclic) bond motifs is 2. The van der Waals surface area contributed by atoms with Crippen molar-refractivity contribution in [3.05, 3.63) is 46.8 Å². The Hall–Kier alpha value is -2.30. The molecule has 0 N–H and O–H groups in total. The molecule has 2 aromatic rings. The lowest BCUT2D eigenvalue weighted by Crippen LogP contribution is -2.43. The summed E-state index contributed by atoms with van der Waals surface area (Å²) in [5, 5.41) is 4.64. The summed E-state index contributed by atoms with van der Waals surface area (Å²) in [5.41, 5.74) is 1.95. The van der Waals surface area contributed by atoms with Gasteiger partial charge in [-0.1, -0.05) is 70.2 Å². The first-order valence-electron chi connectivity index (χ1n) is 10.4. The first-order valence-corrected chi connectivity index (χ1v) is 10.4. The maximum Gasteiger partial charge on any atom is 0.249 e. The second-order valence-electron chi connectivity index (χ2n) is 7.36. The van der Waals surface area contributed by atoms with Gasteiger partial charge in [-0.05, 0) is 19.3 Å². The van der Waals surface area contributed by atoms with E-state index >= 15 is 0 Å². The van der Waals surface area contributed by atoms with Crippen LogP contribution in [-0.2, 0) is 13.1 Å². The van der Waals surface area contributed by atoms with Gasteiger partial charge in [0.25, 0.3) is 0 Å². The molecule has 5 heteroatoms. The standard InChI is InChI=1S/C22H30N3O2/c1-3-5-7-8-9-12-16-25-20-19(24(23-25)15-6-4-2)21(26)17-13-10-11-14-18(17)22(20)27/h10-11,13-14H,3-9,12,15-16H2,1-2H3/q+1. The van der Waals surface area contributed by atoms with Crippen LogP contribution in [0.15, 0.2) is 24.3 Å². The van der Waals surface area contributed by atoms with E-state index in [1.807, 2.05) is 12.1 Å². The summed E-state index contributed by atoms with van der Waals surface area (Å²) in [7, 11) is 0. The van der Waals surface area contributed by atoms with Crippen LogP contribution in [0.3, 0.4) is 0 Å². The Balaban J connectivity index is 1.86. The predicted octanol–water partition coefficient (Wildman–Crippen LogP) is 4.11. The Morgan fingerprint density at radius 2 is 1.48 bits per heavy atom. The number of carbonyl (C=O) groups is 2. The Bertz CT molecular complexity index is 823. The summed E-state index contributed by atoms with van der Waals surface area (Å²) in [6, 6.07) is 7.12. The van der Waals surface area contributed by atoms with Crippen molar-refractivity contribution in [2.24, 2.45) is 0 Å². The van der Waals surface area contributed by atoms with Crippen LogP contribution in [0.25, 0.3) is 0 Å². The monoisotopic (exact) mass is 368 g/mol. The molecule has 1 aliphatic rings. The molecular formula is C22H30N3O2+. The fourth-order valence-corrected chi connectivity index (χ4v) is 3.71. The molecule has 1 aliphatic carbocycles. The number of carbonyl (C=O) groups excluding carboxylic acids is 2. The van der Waals surface area contributed by atoms with Gasteiger partial charge in [-0.3, -0.25) is 9.59 Å². The van der Waals surface area contributed by atoms with E-state index in [9.17, 15) is 9.59 Å². The maximum absolute atomic E-state index is 13.1. The molecule has 144 valence electrons. The van der Waals surface area contributed by atoms with Crippen LogP contribution in [0, 0.1) is 0 Å². The number of ketones is 2. The van der Waals surface area contributed by atoms with E-state index in [0.717, 1.165) is 25.7 Å². The molecule has 0 bridgehead atoms. The van der Waals surface area contributed by atoms with E-state index in [-0.39, 0.29) is 11.6 Å². The van der Waals surface area contributed by atoms with Gasteiger partial charge in [0.2, 0.25) is 23.0 Å². The van der Waals surface area contributed by atoms with Crippen molar-refractivity contribution in [1.29, 1.82) is 0 Å². The summed E-state index contributed by atoms with van der Waals surface area (Å²) in [5.74, 6) is -0.153. The Kier molecular flexibility index (Phi) is 6.54. The number of hydrogen-bond donors (Lipinski definition) is 0. The minimum atomic E-state index is -0.0782. The molecule has 0 amide bonds. The van der Waals surface area contributed by atoms with Gasteiger partial charge in [-0.2, -0.15) is 0 Å². The molecule has 1 heterocycles. The number of hydrogen-bond acceptors (Lipinski definition) is 3. The third-order valence-corrected chi connectivity index (χ3v) is 5.25. The van der Waals surface area contributed by atoms with Crippen molar-refractivity contribution in [2.45, 2.75) is 78.3 Å². The largest absolute Gasteiger partial charge is 0.284 e. The van der Waals surface area contributed by atoms with Crippen molar-refractivity contribution in [2.75, 3.05) is 0 Å². The topological polar surface area (TPSA) is 55.8 Å². The fourth-order valence-electron chi connectivity index (χ4n) is 3.71. The number of unbranched alkanes of at least 4 members (excludes halogenated alkanes) is 6. The normalized spacial score (nSPS) is 13.0. The number of rotatable bonds is 10. The van der Waals surface area contributed by atoms with E-state index in [1.54, 1.807) is 21.5 Å². The van der Waals surface area contributed by atoms with Crippen molar-refractivity contribution in [3.8, 4) is 0 Å². The van der Waals surface area contributed by atoms with E-state index < -0.39 is 0 Å². The Labute approximate surface area is 161 Å². The van der Waals surface area contributed by atoms with E-state index in [1.165, 1.54) is 25.7 Å². The minimum absolute atomic E-state index is 0.0751. The third-order valence-electron chi connectivity index (χ3n) is 5.25. The lowest BCUT2D eigenvalue weighted by atomic mass is 9.90. The van der Waals surface area contributed by atoms with E-state index in [0.29, 0.717) is 35.6 Å². The SMILES string of the molecule is CCCCCCCC[n+]1nn(CCCC)c2c1C(=O)c1ccccc1C2=O. The van der Waals surface area contributed by atoms with Crippen molar-refractivity contribution in [1.82, 2.24) is 9.90 Å². The highest BCUT2D eigenvalue weighted by atomic mass is 16.1. The zero-order chi connectivity index (χ0) is 19.2. The quantitative estimate of drug-likeness (QED) is 0.400. The average Bonchev–Trinajstić information content (AvgIpc) is 3.06. The second-order valence-corrected chi connectivity index (χ2v) is 7.36. The highest BCUT2D eigenvalue weighted by Crippen LogP contribution is 2.25. The second kappa shape index (κ2) is 9.07. The van der Waals surface area contributed by atoms with Crippen LogP contribution in [0.2, 0.25) is 0 Å². The van der Waals surface area contributed by atoms with Crippen molar-refractivity contribution < 1.29 is 14.3 Å². The van der Waals surface area contributed by atoms with E-state index in [2.05, 4.69) is 19.1 Å². The van der Waals surface area contributed by atoms with Gasteiger partial charge in [0.05, 0.1) is 5.21 Å². The zero-order valence-corrected chi connectivity index (χ0v) is 16.5. The fraction of sp³-hybridized carbons (Fsp3) is 0.545.